The number of rotatable bonds is 5. The van der Waals surface area contributed by atoms with Crippen molar-refractivity contribution < 1.29 is 9.53 Å². The van der Waals surface area contributed by atoms with Crippen molar-refractivity contribution in [3.63, 3.8) is 0 Å². The lowest BCUT2D eigenvalue weighted by Gasteiger charge is -2.08. The lowest BCUT2D eigenvalue weighted by Crippen LogP contribution is -2.18. The van der Waals surface area contributed by atoms with E-state index < -0.39 is 5.25 Å². The van der Waals surface area contributed by atoms with E-state index in [1.54, 1.807) is 6.92 Å². The van der Waals surface area contributed by atoms with Crippen molar-refractivity contribution in [2.75, 3.05) is 6.61 Å². The molecule has 1 aromatic carbocycles. The predicted octanol–water partition coefficient (Wildman–Crippen LogP) is 2.36. The molecule has 5 heteroatoms. The van der Waals surface area contributed by atoms with E-state index in [-0.39, 0.29) is 5.97 Å². The summed E-state index contributed by atoms with van der Waals surface area (Å²) in [5.41, 5.74) is 1.96. The average molecular weight is 264 g/mol. The Morgan fingerprint density at radius 2 is 2.28 bits per heavy atom. The molecule has 0 fully saturated rings. The lowest BCUT2D eigenvalue weighted by atomic mass is 10.2. The third kappa shape index (κ3) is 3.04. The van der Waals surface area contributed by atoms with Crippen LogP contribution in [0.25, 0.3) is 11.0 Å². The number of thiol groups is 1. The number of aromatic amines is 1. The zero-order valence-electron chi connectivity index (χ0n) is 10.2. The molecule has 1 aromatic heterocycles. The maximum atomic E-state index is 11.4. The van der Waals surface area contributed by atoms with E-state index in [9.17, 15) is 4.79 Å². The van der Waals surface area contributed by atoms with E-state index in [1.165, 1.54) is 0 Å². The monoisotopic (exact) mass is 264 g/mol. The number of nitrogens with one attached hydrogen (secondary N) is 1. The van der Waals surface area contributed by atoms with Crippen LogP contribution >= 0.6 is 12.6 Å². The van der Waals surface area contributed by atoms with E-state index in [1.807, 2.05) is 24.3 Å². The van der Waals surface area contributed by atoms with Crippen molar-refractivity contribution in [3.8, 4) is 0 Å². The summed E-state index contributed by atoms with van der Waals surface area (Å²) in [7, 11) is 0. The normalized spacial score (nSPS) is 12.6. The molecule has 1 heterocycles. The minimum absolute atomic E-state index is 0.267. The van der Waals surface area contributed by atoms with E-state index in [0.717, 1.165) is 16.9 Å². The van der Waals surface area contributed by atoms with Gasteiger partial charge >= 0.3 is 5.97 Å². The Kier molecular flexibility index (Phi) is 4.25. The maximum Gasteiger partial charge on any atom is 0.318 e. The van der Waals surface area contributed by atoms with Crippen LogP contribution in [0.1, 0.15) is 19.2 Å². The molecule has 0 spiro atoms. The molecule has 1 atom stereocenters. The molecule has 0 bridgehead atoms. The summed E-state index contributed by atoms with van der Waals surface area (Å²) in [5, 5.41) is -0.391. The van der Waals surface area contributed by atoms with E-state index in [0.29, 0.717) is 19.4 Å². The highest BCUT2D eigenvalue weighted by molar-refractivity contribution is 7.81. The first-order chi connectivity index (χ1) is 8.70. The van der Waals surface area contributed by atoms with Crippen molar-refractivity contribution in [1.29, 1.82) is 0 Å². The molecule has 0 aliphatic carbocycles. The molecular formula is C13H16N2O2S. The van der Waals surface area contributed by atoms with Gasteiger partial charge < -0.3 is 9.72 Å². The number of fused-ring (bicyclic) bond motifs is 1. The summed E-state index contributed by atoms with van der Waals surface area (Å²) < 4.78 is 4.91. The Labute approximate surface area is 111 Å². The fourth-order valence-electron chi connectivity index (χ4n) is 1.75. The summed E-state index contributed by atoms with van der Waals surface area (Å²) in [4.78, 5) is 19.1. The van der Waals surface area contributed by atoms with Gasteiger partial charge in [0.25, 0.3) is 0 Å². The summed E-state index contributed by atoms with van der Waals surface area (Å²) in [6.07, 6.45) is 1.30. The highest BCUT2D eigenvalue weighted by atomic mass is 32.1. The second-order valence-corrected chi connectivity index (χ2v) is 4.63. The second kappa shape index (κ2) is 5.91. The van der Waals surface area contributed by atoms with Crippen LogP contribution in [-0.4, -0.2) is 27.8 Å². The fraction of sp³-hybridized carbons (Fsp3) is 0.385. The quantitative estimate of drug-likeness (QED) is 0.644. The lowest BCUT2D eigenvalue weighted by molar-refractivity contribution is -0.142. The third-order valence-electron chi connectivity index (χ3n) is 2.65. The van der Waals surface area contributed by atoms with Crippen LogP contribution in [0.5, 0.6) is 0 Å². The number of carbonyl (C=O) groups excluding carboxylic acids is 1. The molecule has 0 radical (unpaired) electrons. The summed E-state index contributed by atoms with van der Waals surface area (Å²) in [6.45, 7) is 2.18. The molecule has 0 aliphatic heterocycles. The number of para-hydroxylation sites is 2. The molecule has 0 saturated heterocycles. The molecule has 1 unspecified atom stereocenters. The maximum absolute atomic E-state index is 11.4. The van der Waals surface area contributed by atoms with Gasteiger partial charge in [-0.05, 0) is 25.5 Å². The molecule has 0 aliphatic rings. The zero-order valence-corrected chi connectivity index (χ0v) is 11.1. The highest BCUT2D eigenvalue weighted by Gasteiger charge is 2.15. The van der Waals surface area contributed by atoms with Crippen molar-refractivity contribution >= 4 is 29.6 Å². The first-order valence-corrected chi connectivity index (χ1v) is 6.50. The molecule has 2 rings (SSSR count). The number of carbonyl (C=O) groups is 1. The highest BCUT2D eigenvalue weighted by Crippen LogP contribution is 2.13. The van der Waals surface area contributed by atoms with Gasteiger partial charge in [0, 0.05) is 6.42 Å². The van der Waals surface area contributed by atoms with E-state index in [4.69, 9.17) is 4.74 Å². The number of benzene rings is 1. The van der Waals surface area contributed by atoms with Crippen LogP contribution in [0, 0.1) is 0 Å². The van der Waals surface area contributed by atoms with Crippen LogP contribution in [-0.2, 0) is 16.0 Å². The number of nitrogens with zero attached hydrogens (tertiary/aromatic N) is 1. The smallest absolute Gasteiger partial charge is 0.318 e. The van der Waals surface area contributed by atoms with Crippen molar-refractivity contribution in [1.82, 2.24) is 9.97 Å². The van der Waals surface area contributed by atoms with Gasteiger partial charge in [0.2, 0.25) is 0 Å². The van der Waals surface area contributed by atoms with Gasteiger partial charge in [0.05, 0.1) is 22.9 Å². The van der Waals surface area contributed by atoms with Crippen LogP contribution in [0.2, 0.25) is 0 Å². The fourth-order valence-corrected chi connectivity index (χ4v) is 1.96. The minimum Gasteiger partial charge on any atom is -0.465 e. The van der Waals surface area contributed by atoms with Gasteiger partial charge in [0.15, 0.2) is 0 Å². The number of H-pyrrole nitrogens is 1. The number of ether oxygens (including phenoxy) is 1. The van der Waals surface area contributed by atoms with Gasteiger partial charge in [-0.15, -0.1) is 0 Å². The van der Waals surface area contributed by atoms with Crippen LogP contribution < -0.4 is 0 Å². The Morgan fingerprint density at radius 1 is 1.50 bits per heavy atom. The minimum atomic E-state index is -0.391. The standard InChI is InChI=1S/C13H16N2O2S/c1-2-17-13(16)11(18)7-8-12-14-9-5-3-4-6-10(9)15-12/h3-6,11,18H,2,7-8H2,1H3,(H,14,15). The van der Waals surface area contributed by atoms with Gasteiger partial charge in [-0.1, -0.05) is 12.1 Å². The average Bonchev–Trinajstić information content (AvgIpc) is 2.78. The number of aryl methyl sites for hydroxylation is 1. The zero-order chi connectivity index (χ0) is 13.0. The Hall–Kier alpha value is -1.49. The van der Waals surface area contributed by atoms with Crippen LogP contribution in [0.3, 0.4) is 0 Å². The molecular weight excluding hydrogens is 248 g/mol. The van der Waals surface area contributed by atoms with Crippen molar-refractivity contribution in [3.05, 3.63) is 30.1 Å². The number of imidazole rings is 1. The molecule has 2 aromatic rings. The molecule has 0 saturated carbocycles. The van der Waals surface area contributed by atoms with Crippen LogP contribution in [0.4, 0.5) is 0 Å². The third-order valence-corrected chi connectivity index (χ3v) is 3.12. The van der Waals surface area contributed by atoms with Gasteiger partial charge in [-0.3, -0.25) is 4.79 Å². The van der Waals surface area contributed by atoms with Gasteiger partial charge in [-0.2, -0.15) is 12.6 Å². The molecule has 96 valence electrons. The van der Waals surface area contributed by atoms with Gasteiger partial charge in [0.1, 0.15) is 5.82 Å². The molecule has 1 N–H and O–H groups in total. The predicted molar refractivity (Wildman–Crippen MR) is 73.8 cm³/mol. The topological polar surface area (TPSA) is 55.0 Å². The Bertz CT molecular complexity index is 506. The number of hydrogen-bond donors (Lipinski definition) is 2. The van der Waals surface area contributed by atoms with Crippen LogP contribution in [0.15, 0.2) is 24.3 Å². The number of aromatic nitrogens is 2. The number of hydrogen-bond acceptors (Lipinski definition) is 4. The first kappa shape index (κ1) is 13.0. The second-order valence-electron chi connectivity index (χ2n) is 4.01. The first-order valence-electron chi connectivity index (χ1n) is 5.99. The molecule has 18 heavy (non-hydrogen) atoms. The Morgan fingerprint density at radius 3 is 3.00 bits per heavy atom. The van der Waals surface area contributed by atoms with E-state index in [2.05, 4.69) is 22.6 Å². The van der Waals surface area contributed by atoms with Crippen molar-refractivity contribution in [2.24, 2.45) is 0 Å². The summed E-state index contributed by atoms with van der Waals surface area (Å²) in [5.74, 6) is 0.608. The van der Waals surface area contributed by atoms with Gasteiger partial charge in [-0.25, -0.2) is 4.98 Å². The SMILES string of the molecule is CCOC(=O)C(S)CCc1nc2ccccc2[nH]1. The van der Waals surface area contributed by atoms with E-state index >= 15 is 0 Å². The summed E-state index contributed by atoms with van der Waals surface area (Å²) in [6, 6.07) is 7.85. The van der Waals surface area contributed by atoms with Crippen molar-refractivity contribution in [2.45, 2.75) is 25.0 Å². The largest absolute Gasteiger partial charge is 0.465 e. The molecule has 4 nitrogen and oxygen atoms in total. The summed E-state index contributed by atoms with van der Waals surface area (Å²) >= 11 is 4.24. The number of esters is 1. The molecule has 0 amide bonds. The Balaban J connectivity index is 1.95.